The summed E-state index contributed by atoms with van der Waals surface area (Å²) in [6, 6.07) is 15.4. The first-order chi connectivity index (χ1) is 12.1. The van der Waals surface area contributed by atoms with Gasteiger partial charge < -0.3 is 10.2 Å². The Morgan fingerprint density at radius 1 is 1.12 bits per heavy atom. The summed E-state index contributed by atoms with van der Waals surface area (Å²) in [7, 11) is 0. The lowest BCUT2D eigenvalue weighted by Crippen LogP contribution is -2.39. The molecule has 0 aromatic heterocycles. The minimum absolute atomic E-state index is 0.121. The highest BCUT2D eigenvalue weighted by atomic mass is 35.5. The van der Waals surface area contributed by atoms with E-state index in [1.807, 2.05) is 48.5 Å². The van der Waals surface area contributed by atoms with Gasteiger partial charge in [0.05, 0.1) is 0 Å². The van der Waals surface area contributed by atoms with Crippen LogP contribution in [0.1, 0.15) is 24.0 Å². The molecule has 130 valence electrons. The first kappa shape index (κ1) is 17.5. The van der Waals surface area contributed by atoms with Crippen LogP contribution in [0.25, 0.3) is 0 Å². The van der Waals surface area contributed by atoms with Crippen LogP contribution in [0, 0.1) is 0 Å². The second kappa shape index (κ2) is 8.17. The summed E-state index contributed by atoms with van der Waals surface area (Å²) in [5.41, 5.74) is 3.16. The lowest BCUT2D eigenvalue weighted by molar-refractivity contribution is -0.127. The van der Waals surface area contributed by atoms with E-state index in [0.29, 0.717) is 24.5 Å². The maximum absolute atomic E-state index is 12.5. The minimum Gasteiger partial charge on any atom is -0.355 e. The largest absolute Gasteiger partial charge is 0.355 e. The van der Waals surface area contributed by atoms with Crippen LogP contribution in [0.15, 0.2) is 48.5 Å². The fraction of sp³-hybridized carbons (Fsp3) is 0.300. The first-order valence-electron chi connectivity index (χ1n) is 8.53. The number of rotatable bonds is 5. The Morgan fingerprint density at radius 2 is 1.96 bits per heavy atom. The van der Waals surface area contributed by atoms with Gasteiger partial charge in [-0.05, 0) is 48.6 Å². The molecule has 2 aromatic carbocycles. The van der Waals surface area contributed by atoms with Crippen LogP contribution in [-0.4, -0.2) is 24.9 Å². The van der Waals surface area contributed by atoms with Crippen LogP contribution in [0.3, 0.4) is 0 Å². The van der Waals surface area contributed by atoms with E-state index in [1.165, 1.54) is 5.56 Å². The van der Waals surface area contributed by atoms with Gasteiger partial charge in [0.25, 0.3) is 0 Å². The molecule has 2 aromatic rings. The number of nitrogens with one attached hydrogen (secondary N) is 1. The number of benzene rings is 2. The number of anilines is 1. The Balaban J connectivity index is 1.51. The summed E-state index contributed by atoms with van der Waals surface area (Å²) in [5.74, 6) is -0.387. The zero-order chi connectivity index (χ0) is 17.6. The van der Waals surface area contributed by atoms with Crippen LogP contribution < -0.4 is 10.2 Å². The summed E-state index contributed by atoms with van der Waals surface area (Å²) in [6.07, 6.45) is 2.47. The van der Waals surface area contributed by atoms with E-state index < -0.39 is 0 Å². The summed E-state index contributed by atoms with van der Waals surface area (Å²) >= 11 is 5.94. The lowest BCUT2D eigenvalue weighted by atomic mass is 10.0. The highest BCUT2D eigenvalue weighted by Crippen LogP contribution is 2.27. The van der Waals surface area contributed by atoms with Crippen molar-refractivity contribution in [2.45, 2.75) is 25.7 Å². The van der Waals surface area contributed by atoms with Crippen molar-refractivity contribution in [2.24, 2.45) is 0 Å². The molecule has 0 atom stereocenters. The van der Waals surface area contributed by atoms with Gasteiger partial charge in [-0.1, -0.05) is 41.9 Å². The Kier molecular flexibility index (Phi) is 5.71. The number of hydrogen-bond donors (Lipinski definition) is 1. The molecule has 1 N–H and O–H groups in total. The number of fused-ring (bicyclic) bond motifs is 1. The Labute approximate surface area is 152 Å². The molecule has 0 fully saturated rings. The van der Waals surface area contributed by atoms with Crippen molar-refractivity contribution < 1.29 is 9.59 Å². The predicted octanol–water partition coefficient (Wildman–Crippen LogP) is 3.37. The van der Waals surface area contributed by atoms with Crippen LogP contribution in [-0.2, 0) is 22.4 Å². The van der Waals surface area contributed by atoms with Gasteiger partial charge in [0.2, 0.25) is 11.8 Å². The van der Waals surface area contributed by atoms with Gasteiger partial charge in [-0.25, -0.2) is 0 Å². The molecular formula is C20H21ClN2O2. The average Bonchev–Trinajstić information content (AvgIpc) is 2.61. The second-order valence-corrected chi connectivity index (χ2v) is 6.62. The van der Waals surface area contributed by atoms with Crippen LogP contribution in [0.5, 0.6) is 0 Å². The van der Waals surface area contributed by atoms with Gasteiger partial charge in [0.1, 0.15) is 6.42 Å². The fourth-order valence-corrected chi connectivity index (χ4v) is 3.34. The van der Waals surface area contributed by atoms with Crippen molar-refractivity contribution in [2.75, 3.05) is 18.0 Å². The highest BCUT2D eigenvalue weighted by Gasteiger charge is 2.23. The maximum atomic E-state index is 12.5. The summed E-state index contributed by atoms with van der Waals surface area (Å²) < 4.78 is 0. The number of amides is 2. The van der Waals surface area contributed by atoms with E-state index in [9.17, 15) is 9.59 Å². The van der Waals surface area contributed by atoms with E-state index in [4.69, 9.17) is 11.6 Å². The molecule has 0 saturated carbocycles. The molecule has 0 saturated heterocycles. The third-order valence-corrected chi connectivity index (χ3v) is 4.58. The Hall–Kier alpha value is -2.33. The van der Waals surface area contributed by atoms with E-state index in [1.54, 1.807) is 4.90 Å². The zero-order valence-corrected chi connectivity index (χ0v) is 14.8. The molecule has 0 radical (unpaired) electrons. The van der Waals surface area contributed by atoms with Crippen molar-refractivity contribution in [1.29, 1.82) is 0 Å². The smallest absolute Gasteiger partial charge is 0.236 e. The molecule has 0 spiro atoms. The van der Waals surface area contributed by atoms with Gasteiger partial charge in [-0.15, -0.1) is 0 Å². The molecule has 0 unspecified atom stereocenters. The third-order valence-electron chi connectivity index (χ3n) is 4.35. The Bertz CT molecular complexity index is 776. The molecule has 1 aliphatic rings. The molecule has 5 heteroatoms. The SMILES string of the molecule is O=C(CC(=O)N1CCCc2ccccc21)NCCc1cccc(Cl)c1. The molecule has 0 aliphatic carbocycles. The third kappa shape index (κ3) is 4.60. The number of carbonyl (C=O) groups is 2. The quantitative estimate of drug-likeness (QED) is 0.835. The van der Waals surface area contributed by atoms with Gasteiger partial charge >= 0.3 is 0 Å². The molecule has 4 nitrogen and oxygen atoms in total. The lowest BCUT2D eigenvalue weighted by Gasteiger charge is -2.29. The number of para-hydroxylation sites is 1. The molecule has 0 bridgehead atoms. The van der Waals surface area contributed by atoms with Crippen molar-refractivity contribution in [3.05, 3.63) is 64.7 Å². The average molecular weight is 357 g/mol. The summed E-state index contributed by atoms with van der Waals surface area (Å²) in [6.45, 7) is 1.16. The number of nitrogens with zero attached hydrogens (tertiary/aromatic N) is 1. The van der Waals surface area contributed by atoms with E-state index in [0.717, 1.165) is 24.1 Å². The van der Waals surface area contributed by atoms with Crippen molar-refractivity contribution >= 4 is 29.1 Å². The summed E-state index contributed by atoms with van der Waals surface area (Å²) in [4.78, 5) is 26.3. The second-order valence-electron chi connectivity index (χ2n) is 6.18. The van der Waals surface area contributed by atoms with Gasteiger partial charge in [0.15, 0.2) is 0 Å². The summed E-state index contributed by atoms with van der Waals surface area (Å²) in [5, 5.41) is 3.50. The topological polar surface area (TPSA) is 49.4 Å². The fourth-order valence-electron chi connectivity index (χ4n) is 3.13. The number of halogens is 1. The van der Waals surface area contributed by atoms with Crippen LogP contribution in [0.4, 0.5) is 5.69 Å². The monoisotopic (exact) mass is 356 g/mol. The van der Waals surface area contributed by atoms with Crippen molar-refractivity contribution in [3.8, 4) is 0 Å². The molecule has 1 aliphatic heterocycles. The van der Waals surface area contributed by atoms with Gasteiger partial charge in [-0.2, -0.15) is 0 Å². The zero-order valence-electron chi connectivity index (χ0n) is 14.0. The molecule has 1 heterocycles. The number of carbonyl (C=O) groups excluding carboxylic acids is 2. The van der Waals surface area contributed by atoms with Gasteiger partial charge in [0, 0.05) is 23.8 Å². The van der Waals surface area contributed by atoms with Crippen LogP contribution >= 0.6 is 11.6 Å². The first-order valence-corrected chi connectivity index (χ1v) is 8.91. The molecule has 3 rings (SSSR count). The highest BCUT2D eigenvalue weighted by molar-refractivity contribution is 6.30. The molecular weight excluding hydrogens is 336 g/mol. The van der Waals surface area contributed by atoms with Crippen LogP contribution in [0.2, 0.25) is 5.02 Å². The molecule has 25 heavy (non-hydrogen) atoms. The van der Waals surface area contributed by atoms with Crippen molar-refractivity contribution in [3.63, 3.8) is 0 Å². The number of hydrogen-bond acceptors (Lipinski definition) is 2. The van der Waals surface area contributed by atoms with E-state index >= 15 is 0 Å². The number of aryl methyl sites for hydroxylation is 1. The van der Waals surface area contributed by atoms with E-state index in [2.05, 4.69) is 5.32 Å². The Morgan fingerprint density at radius 3 is 2.80 bits per heavy atom. The van der Waals surface area contributed by atoms with Gasteiger partial charge in [-0.3, -0.25) is 9.59 Å². The minimum atomic E-state index is -0.241. The normalized spacial score (nSPS) is 13.2. The standard InChI is InChI=1S/C20H21ClN2O2/c21-17-8-3-5-15(13-17)10-11-22-19(24)14-20(25)23-12-4-7-16-6-1-2-9-18(16)23/h1-3,5-6,8-9,13H,4,7,10-12,14H2,(H,22,24). The maximum Gasteiger partial charge on any atom is 0.236 e. The van der Waals surface area contributed by atoms with E-state index in [-0.39, 0.29) is 18.2 Å². The predicted molar refractivity (Wildman–Crippen MR) is 99.9 cm³/mol. The van der Waals surface area contributed by atoms with Crippen molar-refractivity contribution in [1.82, 2.24) is 5.32 Å². The molecule has 2 amide bonds.